The van der Waals surface area contributed by atoms with Gasteiger partial charge in [-0.25, -0.2) is 0 Å². The average molecular weight is 284 g/mol. The molecule has 0 N–H and O–H groups in total. The van der Waals surface area contributed by atoms with Crippen LogP contribution in [0.5, 0.6) is 0 Å². The number of amides is 1. The van der Waals surface area contributed by atoms with Crippen molar-refractivity contribution in [3.8, 4) is 0 Å². The highest BCUT2D eigenvalue weighted by molar-refractivity contribution is 9.18. The fourth-order valence-corrected chi connectivity index (χ4v) is 1.78. The molecule has 0 aliphatic carbocycles. The molecule has 0 spiro atoms. The third kappa shape index (κ3) is 2.85. The normalized spacial score (nSPS) is 11.4. The summed E-state index contributed by atoms with van der Waals surface area (Å²) in [5.41, 5.74) is 3.47. The van der Waals surface area contributed by atoms with Crippen molar-refractivity contribution in [2.45, 2.75) is 33.1 Å². The van der Waals surface area contributed by atoms with Crippen molar-refractivity contribution >= 4 is 26.4 Å². The molecule has 0 heterocycles. The first kappa shape index (κ1) is 13.2. The van der Waals surface area contributed by atoms with Gasteiger partial charge in [0, 0.05) is 28.7 Å². The zero-order valence-electron chi connectivity index (χ0n) is 10.5. The summed E-state index contributed by atoms with van der Waals surface area (Å²) in [6.45, 7) is 8.57. The number of nitrogens with zero attached hydrogens (tertiary/aromatic N) is 1. The van der Waals surface area contributed by atoms with Crippen LogP contribution in [-0.4, -0.2) is 11.9 Å². The summed E-state index contributed by atoms with van der Waals surface area (Å²) in [6.07, 6.45) is 0. The van der Waals surface area contributed by atoms with Crippen molar-refractivity contribution in [1.29, 1.82) is 0 Å². The third-order valence-corrected chi connectivity index (χ3v) is 3.22. The monoisotopic (exact) mass is 283 g/mol. The number of benzene rings is 1. The van der Waals surface area contributed by atoms with Gasteiger partial charge in [-0.15, -0.1) is 0 Å². The summed E-state index contributed by atoms with van der Waals surface area (Å²) in [6, 6.07) is 6.21. The van der Waals surface area contributed by atoms with Crippen LogP contribution in [0.4, 0.5) is 10.5 Å². The molecule has 0 bridgehead atoms. The first-order valence-electron chi connectivity index (χ1n) is 5.28. The van der Waals surface area contributed by atoms with Crippen LogP contribution in [0.1, 0.15) is 31.9 Å². The maximum atomic E-state index is 11.2. The molecule has 0 saturated carbocycles. The van der Waals surface area contributed by atoms with E-state index in [0.717, 1.165) is 11.3 Å². The van der Waals surface area contributed by atoms with Crippen LogP contribution in [0.3, 0.4) is 0 Å². The number of aryl methyl sites for hydroxylation is 1. The minimum Gasteiger partial charge on any atom is -0.306 e. The quantitative estimate of drug-likeness (QED) is 0.558. The fraction of sp³-hybridized carbons (Fsp3) is 0.462. The largest absolute Gasteiger partial charge is 0.306 e. The van der Waals surface area contributed by atoms with Gasteiger partial charge in [-0.3, -0.25) is 4.79 Å². The highest BCUT2D eigenvalue weighted by Gasteiger charge is 2.16. The minimum absolute atomic E-state index is 0.126. The standard InChI is InChI=1S/C13H18BrNO/c1-9-8-10(13(2,3)4)6-7-11(9)15(5)12(14)16/h6-8H,1-5H3. The zero-order chi connectivity index (χ0) is 12.5. The summed E-state index contributed by atoms with van der Waals surface area (Å²) >= 11 is 2.96. The first-order chi connectivity index (χ1) is 7.23. The molecule has 0 aromatic heterocycles. The van der Waals surface area contributed by atoms with Gasteiger partial charge in [0.2, 0.25) is 0 Å². The number of halogens is 1. The summed E-state index contributed by atoms with van der Waals surface area (Å²) in [7, 11) is 1.76. The Morgan fingerprint density at radius 2 is 1.88 bits per heavy atom. The van der Waals surface area contributed by atoms with Crippen LogP contribution in [-0.2, 0) is 5.41 Å². The molecule has 0 aliphatic rings. The molecule has 3 heteroatoms. The minimum atomic E-state index is -0.126. The Morgan fingerprint density at radius 3 is 2.25 bits per heavy atom. The van der Waals surface area contributed by atoms with E-state index in [1.165, 1.54) is 5.56 Å². The van der Waals surface area contributed by atoms with Crippen LogP contribution in [0.15, 0.2) is 18.2 Å². The lowest BCUT2D eigenvalue weighted by molar-refractivity contribution is 0.267. The number of carbonyl (C=O) groups excluding carboxylic acids is 1. The second-order valence-corrected chi connectivity index (χ2v) is 5.74. The molecule has 1 rings (SSSR count). The van der Waals surface area contributed by atoms with Crippen LogP contribution in [0.25, 0.3) is 0 Å². The first-order valence-corrected chi connectivity index (χ1v) is 6.07. The molecular formula is C13H18BrNO. The average Bonchev–Trinajstić information content (AvgIpc) is 2.15. The molecule has 1 aromatic rings. The maximum Gasteiger partial charge on any atom is 0.293 e. The highest BCUT2D eigenvalue weighted by Crippen LogP contribution is 2.28. The van der Waals surface area contributed by atoms with Crippen LogP contribution < -0.4 is 4.90 Å². The molecule has 0 radical (unpaired) electrons. The van der Waals surface area contributed by atoms with E-state index >= 15 is 0 Å². The Hall–Kier alpha value is -0.830. The lowest BCUT2D eigenvalue weighted by atomic mass is 9.86. The van der Waals surface area contributed by atoms with Gasteiger partial charge in [0.1, 0.15) is 0 Å². The van der Waals surface area contributed by atoms with Crippen LogP contribution in [0.2, 0.25) is 0 Å². The van der Waals surface area contributed by atoms with Crippen molar-refractivity contribution < 1.29 is 4.79 Å². The predicted molar refractivity (Wildman–Crippen MR) is 72.6 cm³/mol. The Bertz CT molecular complexity index is 407. The molecule has 0 atom stereocenters. The van der Waals surface area contributed by atoms with E-state index in [1.807, 2.05) is 13.0 Å². The molecule has 0 aliphatic heterocycles. The number of carbonyl (C=O) groups is 1. The van der Waals surface area contributed by atoms with Crippen molar-refractivity contribution in [3.05, 3.63) is 29.3 Å². The van der Waals surface area contributed by atoms with Gasteiger partial charge in [0.05, 0.1) is 0 Å². The fourth-order valence-electron chi connectivity index (χ4n) is 1.59. The Kier molecular flexibility index (Phi) is 3.79. The van der Waals surface area contributed by atoms with Crippen molar-refractivity contribution in [1.82, 2.24) is 0 Å². The lowest BCUT2D eigenvalue weighted by Crippen LogP contribution is -2.20. The predicted octanol–water partition coefficient (Wildman–Crippen LogP) is 4.24. The van der Waals surface area contributed by atoms with E-state index in [-0.39, 0.29) is 10.2 Å². The van der Waals surface area contributed by atoms with Crippen molar-refractivity contribution in [2.75, 3.05) is 11.9 Å². The highest BCUT2D eigenvalue weighted by atomic mass is 79.9. The number of hydrogen-bond acceptors (Lipinski definition) is 1. The Labute approximate surface area is 106 Å². The molecule has 1 aromatic carbocycles. The lowest BCUT2D eigenvalue weighted by Gasteiger charge is -2.23. The molecule has 1 amide bonds. The molecular weight excluding hydrogens is 266 g/mol. The Balaban J connectivity index is 3.15. The topological polar surface area (TPSA) is 20.3 Å². The smallest absolute Gasteiger partial charge is 0.293 e. The molecule has 2 nitrogen and oxygen atoms in total. The van der Waals surface area contributed by atoms with Crippen molar-refractivity contribution in [3.63, 3.8) is 0 Å². The molecule has 0 saturated heterocycles. The van der Waals surface area contributed by atoms with Gasteiger partial charge in [0.15, 0.2) is 0 Å². The van der Waals surface area contributed by atoms with E-state index in [4.69, 9.17) is 0 Å². The Morgan fingerprint density at radius 1 is 1.31 bits per heavy atom. The molecule has 88 valence electrons. The second kappa shape index (κ2) is 4.58. The summed E-state index contributed by atoms with van der Waals surface area (Å²) in [4.78, 5) is 12.7. The van der Waals surface area contributed by atoms with Gasteiger partial charge in [-0.1, -0.05) is 32.9 Å². The third-order valence-electron chi connectivity index (χ3n) is 2.69. The van der Waals surface area contributed by atoms with E-state index < -0.39 is 0 Å². The van der Waals surface area contributed by atoms with E-state index in [0.29, 0.717) is 0 Å². The zero-order valence-corrected chi connectivity index (χ0v) is 12.1. The van der Waals surface area contributed by atoms with Gasteiger partial charge >= 0.3 is 0 Å². The molecule has 0 unspecified atom stereocenters. The van der Waals surface area contributed by atoms with Gasteiger partial charge in [-0.05, 0) is 29.5 Å². The SMILES string of the molecule is Cc1cc(C(C)(C)C)ccc1N(C)C(=O)Br. The maximum absolute atomic E-state index is 11.2. The van der Waals surface area contributed by atoms with Crippen LogP contribution in [0, 0.1) is 6.92 Å². The molecule has 0 fully saturated rings. The molecule has 16 heavy (non-hydrogen) atoms. The van der Waals surface area contributed by atoms with Crippen LogP contribution >= 0.6 is 15.9 Å². The number of rotatable bonds is 1. The van der Waals surface area contributed by atoms with E-state index in [9.17, 15) is 4.79 Å². The summed E-state index contributed by atoms with van der Waals surface area (Å²) in [5.74, 6) is 0. The number of hydrogen-bond donors (Lipinski definition) is 0. The van der Waals surface area contributed by atoms with Gasteiger partial charge in [-0.2, -0.15) is 0 Å². The van der Waals surface area contributed by atoms with E-state index in [2.05, 4.69) is 48.8 Å². The van der Waals surface area contributed by atoms with Gasteiger partial charge in [0.25, 0.3) is 4.82 Å². The van der Waals surface area contributed by atoms with E-state index in [1.54, 1.807) is 11.9 Å². The second-order valence-electron chi connectivity index (χ2n) is 5.06. The number of anilines is 1. The summed E-state index contributed by atoms with van der Waals surface area (Å²) < 4.78 is 0. The van der Waals surface area contributed by atoms with Crippen molar-refractivity contribution in [2.24, 2.45) is 0 Å². The van der Waals surface area contributed by atoms with Gasteiger partial charge < -0.3 is 4.90 Å². The summed E-state index contributed by atoms with van der Waals surface area (Å²) in [5, 5.41) is 0.